The molecule has 0 bridgehead atoms. The van der Waals surface area contributed by atoms with Crippen LogP contribution in [0.5, 0.6) is 18.0 Å². The summed E-state index contributed by atoms with van der Waals surface area (Å²) in [5.41, 5.74) is 14.7. The number of likely N-dealkylation sites (tertiary alicyclic amines) is 3. The second-order valence-electron chi connectivity index (χ2n) is 36.5. The number of aromatic amines is 1. The largest absolute Gasteiger partial charge is 0.462 e. The van der Waals surface area contributed by atoms with Crippen LogP contribution in [-0.2, 0) is 59.7 Å². The van der Waals surface area contributed by atoms with E-state index < -0.39 is 17.0 Å². The maximum atomic E-state index is 14.7. The van der Waals surface area contributed by atoms with Gasteiger partial charge in [-0.05, 0) is 165 Å². The van der Waals surface area contributed by atoms with Crippen LogP contribution in [0, 0.1) is 34.3 Å². The average molecular weight is 1830 g/mol. The summed E-state index contributed by atoms with van der Waals surface area (Å²) in [5.74, 6) is 2.30. The summed E-state index contributed by atoms with van der Waals surface area (Å²) in [6.45, 7) is 46.2. The number of benzene rings is 4. The minimum Gasteiger partial charge on any atom is -0.462 e. The Morgan fingerprint density at radius 2 is 0.977 bits per heavy atom. The fraction of sp³-hybridized carbons (Fsp3) is 0.526. The number of aromatic nitrogens is 8. The molecule has 34 heteroatoms. The van der Waals surface area contributed by atoms with Gasteiger partial charge in [0, 0.05) is 205 Å². The first-order valence-corrected chi connectivity index (χ1v) is 44.6. The highest BCUT2D eigenvalue weighted by atomic mass is 35.5. The van der Waals surface area contributed by atoms with Gasteiger partial charge in [0.15, 0.2) is 0 Å². The Bertz CT molecular complexity index is 5520. The van der Waals surface area contributed by atoms with E-state index in [1.165, 1.54) is 63.1 Å². The van der Waals surface area contributed by atoms with E-state index in [2.05, 4.69) is 128 Å². The fourth-order valence-corrected chi connectivity index (χ4v) is 20.8. The summed E-state index contributed by atoms with van der Waals surface area (Å²) in [4.78, 5) is 95.3. The summed E-state index contributed by atoms with van der Waals surface area (Å²) in [5, 5.41) is 14.9. The smallest absolute Gasteiger partial charge is 0.318 e. The van der Waals surface area contributed by atoms with Crippen LogP contribution in [0.25, 0.3) is 26.5 Å². The summed E-state index contributed by atoms with van der Waals surface area (Å²) in [7, 11) is 5.78. The first kappa shape index (κ1) is 96.2. The van der Waals surface area contributed by atoms with E-state index in [4.69, 9.17) is 62.3 Å². The lowest BCUT2D eigenvalue weighted by molar-refractivity contribution is -0.128. The molecule has 6 saturated heterocycles. The van der Waals surface area contributed by atoms with Crippen LogP contribution in [0.4, 0.5) is 53.4 Å². The molecule has 0 radical (unpaired) electrons. The van der Waals surface area contributed by atoms with Crippen LogP contribution in [0.2, 0.25) is 5.02 Å². The van der Waals surface area contributed by atoms with Gasteiger partial charge in [0.2, 0.25) is 24.3 Å². The molecule has 10 aliphatic heterocycles. The molecule has 10 aliphatic rings. The number of nitrogens with one attached hydrogen (secondary N) is 2. The number of piperazine rings is 3. The molecule has 4 aromatic carbocycles. The third-order valence-electron chi connectivity index (χ3n) is 27.2. The summed E-state index contributed by atoms with van der Waals surface area (Å²) in [6, 6.07) is 17.0. The Balaban J connectivity index is 0.000000163. The molecule has 692 valence electrons. The monoisotopic (exact) mass is 1830 g/mol. The van der Waals surface area contributed by atoms with Crippen LogP contribution >= 0.6 is 38.6 Å². The van der Waals surface area contributed by atoms with Crippen LogP contribution in [-0.4, -0.2) is 294 Å². The van der Waals surface area contributed by atoms with Crippen molar-refractivity contribution in [3.05, 3.63) is 171 Å². The fourth-order valence-electron chi connectivity index (χ4n) is 20.5. The van der Waals surface area contributed by atoms with Crippen molar-refractivity contribution in [2.75, 3.05) is 200 Å². The van der Waals surface area contributed by atoms with Crippen molar-refractivity contribution in [3.8, 4) is 18.0 Å². The molecule has 3 amide bonds. The maximum absolute atomic E-state index is 14.7. The molecule has 28 nitrogen and oxygen atoms in total. The zero-order valence-corrected chi connectivity index (χ0v) is 78.1. The van der Waals surface area contributed by atoms with Crippen molar-refractivity contribution in [2.24, 2.45) is 0 Å². The lowest BCUT2D eigenvalue weighted by Crippen LogP contribution is -2.56. The summed E-state index contributed by atoms with van der Waals surface area (Å²) >= 11 is 6.69. The number of anilines is 7. The van der Waals surface area contributed by atoms with Gasteiger partial charge in [-0.2, -0.15) is 62.0 Å². The number of aryl methyl sites for hydroxylation is 2. The van der Waals surface area contributed by atoms with Gasteiger partial charge in [-0.1, -0.05) is 63.0 Å². The highest BCUT2D eigenvalue weighted by molar-refractivity contribution is 7.59. The van der Waals surface area contributed by atoms with E-state index in [1.807, 2.05) is 70.0 Å². The van der Waals surface area contributed by atoms with E-state index in [1.54, 1.807) is 25.7 Å². The van der Waals surface area contributed by atoms with E-state index in [-0.39, 0.29) is 95.5 Å². The van der Waals surface area contributed by atoms with Gasteiger partial charge < -0.3 is 68.5 Å². The molecular formula is C95H126ClF3N22O6S2. The molecule has 0 aliphatic carbocycles. The van der Waals surface area contributed by atoms with Gasteiger partial charge in [0.05, 0.1) is 59.1 Å². The van der Waals surface area contributed by atoms with E-state index >= 15 is 0 Å². The topological polar surface area (TPSA) is 240 Å². The zero-order chi connectivity index (χ0) is 88.8. The summed E-state index contributed by atoms with van der Waals surface area (Å²) in [6.07, 6.45) is 10.5. The molecule has 129 heavy (non-hydrogen) atoms. The number of hydrogen-bond acceptors (Lipinski definition) is 23. The van der Waals surface area contributed by atoms with Crippen molar-refractivity contribution in [1.82, 2.24) is 69.5 Å². The number of likely N-dealkylation sites (N-methyl/N-ethyl adjacent to an activating group) is 3. The molecule has 7 atom stereocenters. The number of hydrogen-bond donors (Lipinski definition) is 2. The second kappa shape index (κ2) is 40.2. The first-order valence-electron chi connectivity index (χ1n) is 44.3. The molecule has 6 fully saturated rings. The van der Waals surface area contributed by atoms with Crippen LogP contribution in [0.1, 0.15) is 109 Å². The molecule has 0 spiro atoms. The number of carbonyl (C=O) groups is 3. The lowest BCUT2D eigenvalue weighted by atomic mass is 9.96. The number of fused-ring (bicyclic) bond motifs is 6. The Morgan fingerprint density at radius 1 is 0.543 bits per heavy atom. The third-order valence-corrected chi connectivity index (χ3v) is 27.5. The summed E-state index contributed by atoms with van der Waals surface area (Å²) < 4.78 is 62.7. The maximum Gasteiger partial charge on any atom is 0.318 e. The van der Waals surface area contributed by atoms with Crippen LogP contribution < -0.4 is 48.9 Å². The SMILES string of the molecule is C.C=CC(=O)N1CCN(c2nc(OC[C@@H]3CC(C)(F)CN3C)nc3c2CCN(c2c(C)c(C)cc4[nH]ncc24)C3)CC1.C=CC(=O)N1CCN(c2nc(OC[C@@H]3CC(C)(F)CN3C)nc3c2CCN(c2c(C)c(C)cc4c2CCN4)C3)CC1.S.S.[C-]#[N+]C[C@H]1CN(c2nc(OC[C@@H]3CC(C)(F)CN3C)nc3c2CCN(c2cccc4cccc(Cl)c24)C3)CCN1C(=O)C=C. The first-order chi connectivity index (χ1) is 60.4. The van der Waals surface area contributed by atoms with E-state index in [9.17, 15) is 27.6 Å². The predicted molar refractivity (Wildman–Crippen MR) is 516 cm³/mol. The van der Waals surface area contributed by atoms with Crippen molar-refractivity contribution in [3.63, 3.8) is 0 Å². The minimum atomic E-state index is -1.26. The second-order valence-corrected chi connectivity index (χ2v) is 36.9. The highest BCUT2D eigenvalue weighted by Gasteiger charge is 2.44. The molecule has 14 heterocycles. The van der Waals surface area contributed by atoms with Gasteiger partial charge in [0.1, 0.15) is 60.3 Å². The van der Waals surface area contributed by atoms with Gasteiger partial charge in [0.25, 0.3) is 0 Å². The number of H-pyrrole nitrogens is 1. The van der Waals surface area contributed by atoms with Gasteiger partial charge in [-0.15, -0.1) is 0 Å². The molecule has 8 aromatic rings. The zero-order valence-electron chi connectivity index (χ0n) is 75.4. The number of halogens is 4. The predicted octanol–water partition coefficient (Wildman–Crippen LogP) is 12.1. The van der Waals surface area contributed by atoms with Crippen molar-refractivity contribution < 1.29 is 41.8 Å². The third kappa shape index (κ3) is 20.7. The Kier molecular flexibility index (Phi) is 29.9. The van der Waals surface area contributed by atoms with E-state index in [0.717, 1.165) is 124 Å². The number of amides is 3. The van der Waals surface area contributed by atoms with Crippen molar-refractivity contribution >= 4 is 118 Å². The molecule has 3 unspecified atom stereocenters. The quantitative estimate of drug-likeness (QED) is 0.0565. The molecule has 4 aromatic heterocycles. The Hall–Kier alpha value is -10.4. The van der Waals surface area contributed by atoms with Crippen LogP contribution in [0.15, 0.2) is 92.7 Å². The Morgan fingerprint density at radius 3 is 1.44 bits per heavy atom. The number of ether oxygens (including phenoxy) is 3. The average Bonchev–Trinajstić information content (AvgIpc) is 1.23. The van der Waals surface area contributed by atoms with Crippen molar-refractivity contribution in [2.45, 2.75) is 162 Å². The lowest BCUT2D eigenvalue weighted by Gasteiger charge is -2.41. The Labute approximate surface area is 775 Å². The standard InChI is InChI=1S/C33H37ClFN7O2.C31H42FN7O2.C30H39FN8O2.CH4.2H2S/c1-5-29(43)42-15-14-41(18-24(42)17-36-3)31-25-12-13-40(28-11-7-9-22-8-6-10-26(34)30(22)28)19-27(25)37-32(38-31)44-20-23-16-33(2,35)21-39(23)4;1-6-27(40)37-11-13-38(14-12-37)29-24-8-10-39(28-21(3)20(2)15-25-23(28)7-9-33-25)17-26(24)34-30(35-29)41-18-22-16-31(4,32)19-36(22)5;1-6-26(40)37-9-11-38(12-10-37)28-22-7-8-39(27-20(3)19(2)13-24-23(27)15-32-35-24)16-25(22)33-29(34-28)41-17-21-14-30(4,31)18-36(21)5;;;/h5-11,23-24H,1,12-21H2,2,4H3;6,15,22,33H,1,7-14,16-19H2,2-5H3;6,13,15,21H,1,7-12,14,16-18H2,2-5H3,(H,32,35);1H4;2*1H2/t23-,24-,33?;22-,31?;21-,30?;;;/m000.../s1. The molecule has 18 rings (SSSR count). The number of nitrogens with zero attached hydrogens (tertiary/aromatic N) is 20. The highest BCUT2D eigenvalue weighted by Crippen LogP contribution is 2.44. The van der Waals surface area contributed by atoms with Gasteiger partial charge in [-0.3, -0.25) is 34.2 Å². The van der Waals surface area contributed by atoms with Gasteiger partial charge in [-0.25, -0.2) is 19.7 Å². The minimum absolute atomic E-state index is 0. The number of alkyl halides is 3. The van der Waals surface area contributed by atoms with Gasteiger partial charge >= 0.3 is 18.0 Å². The molecule has 2 N–H and O–H groups in total. The normalized spacial score (nSPS) is 23.2. The molecular weight excluding hydrogens is 1700 g/mol. The van der Waals surface area contributed by atoms with Crippen molar-refractivity contribution in [1.29, 1.82) is 0 Å². The number of carbonyl (C=O) groups excluding carboxylic acids is 3. The number of rotatable bonds is 19. The molecule has 0 saturated carbocycles. The van der Waals surface area contributed by atoms with E-state index in [0.29, 0.717) is 167 Å². The van der Waals surface area contributed by atoms with Crippen LogP contribution in [0.3, 0.4) is 0 Å².